The molecule has 1 atom stereocenters. The first kappa shape index (κ1) is 31.4. The Kier molecular flexibility index (Phi) is 8.89. The van der Waals surface area contributed by atoms with Crippen LogP contribution in [0.5, 0.6) is 0 Å². The van der Waals surface area contributed by atoms with Gasteiger partial charge in [0.05, 0.1) is 23.3 Å². The lowest BCUT2D eigenvalue weighted by Gasteiger charge is -2.42. The summed E-state index contributed by atoms with van der Waals surface area (Å²) in [5.74, 6) is -3.70. The molecule has 1 N–H and O–H groups in total. The van der Waals surface area contributed by atoms with E-state index in [1.54, 1.807) is 26.1 Å². The Morgan fingerprint density at radius 1 is 1.10 bits per heavy atom. The summed E-state index contributed by atoms with van der Waals surface area (Å²) in [6.45, 7) is 12.1. The number of nitrogens with zero attached hydrogens (tertiary/aromatic N) is 3. The van der Waals surface area contributed by atoms with Gasteiger partial charge in [-0.05, 0) is 58.0 Å². The Hall–Kier alpha value is -2.55. The molecule has 222 valence electrons. The summed E-state index contributed by atoms with van der Waals surface area (Å²) in [5.41, 5.74) is -1.48. The van der Waals surface area contributed by atoms with Gasteiger partial charge in [-0.25, -0.2) is 14.4 Å². The number of halogens is 3. The van der Waals surface area contributed by atoms with E-state index in [0.29, 0.717) is 58.4 Å². The average molecular weight is 605 g/mol. The second-order valence-corrected chi connectivity index (χ2v) is 19.1. The van der Waals surface area contributed by atoms with Crippen molar-refractivity contribution >= 4 is 37.6 Å². The van der Waals surface area contributed by atoms with Crippen LogP contribution in [0.3, 0.4) is 0 Å². The predicted octanol–water partition coefficient (Wildman–Crippen LogP) is 8.10. The number of anilines is 1. The summed E-state index contributed by atoms with van der Waals surface area (Å²) < 4.78 is 67.7. The molecule has 0 saturated heterocycles. The molecule has 41 heavy (non-hydrogen) atoms. The molecule has 0 fully saturated rings. The van der Waals surface area contributed by atoms with Gasteiger partial charge >= 0.3 is 5.92 Å². The summed E-state index contributed by atoms with van der Waals surface area (Å²) in [5, 5.41) is 3.79. The first-order chi connectivity index (χ1) is 19.2. The largest absolute Gasteiger partial charge is 0.405 e. The quantitative estimate of drug-likeness (QED) is 0.135. The molecule has 0 amide bonds. The van der Waals surface area contributed by atoms with Gasteiger partial charge < -0.3 is 14.3 Å². The summed E-state index contributed by atoms with van der Waals surface area (Å²) >= 11 is 0. The summed E-state index contributed by atoms with van der Waals surface area (Å²) in [6.07, 6.45) is 6.26. The van der Waals surface area contributed by atoms with E-state index in [2.05, 4.69) is 20.3 Å². The van der Waals surface area contributed by atoms with Crippen molar-refractivity contribution in [3.63, 3.8) is 0 Å². The minimum absolute atomic E-state index is 0.0782. The van der Waals surface area contributed by atoms with E-state index in [4.69, 9.17) is 4.43 Å². The third-order valence-electron chi connectivity index (χ3n) is 8.41. The first-order valence-corrected chi connectivity index (χ1v) is 18.8. The molecular formula is C30H40F3N4O2PSi. The van der Waals surface area contributed by atoms with Crippen molar-refractivity contribution < 1.29 is 22.2 Å². The standard InChI is InChI=1S/C30H40F3N4O2PSi/c1-8-41(9-2,10-3)39-29(6,7)30(32,33)24-15-13-14-22(27(24)31)20(4)35-28-23-18-26(40(38)16-11-12-17-40)34-19-25(23)36-21(5)37-28/h11-15,18-20H,8-10,16-17H2,1-7H3,(H,35,36,37)/t20-/m1/s1. The highest BCUT2D eigenvalue weighted by Crippen LogP contribution is 2.48. The number of hydrogen-bond acceptors (Lipinski definition) is 6. The lowest BCUT2D eigenvalue weighted by atomic mass is 9.91. The van der Waals surface area contributed by atoms with Crippen LogP contribution < -0.4 is 10.8 Å². The van der Waals surface area contributed by atoms with Gasteiger partial charge in [-0.1, -0.05) is 45.1 Å². The van der Waals surface area contributed by atoms with Crippen LogP contribution in [0.25, 0.3) is 10.9 Å². The molecule has 3 aromatic rings. The number of alkyl halides is 2. The number of nitrogens with one attached hydrogen (secondary N) is 1. The van der Waals surface area contributed by atoms with E-state index < -0.39 is 44.4 Å². The molecule has 6 nitrogen and oxygen atoms in total. The molecule has 11 heteroatoms. The van der Waals surface area contributed by atoms with E-state index in [1.165, 1.54) is 26.0 Å². The topological polar surface area (TPSA) is 77.0 Å². The SMILES string of the molecule is CC[Si](CC)(CC)OC(C)(C)C(F)(F)c1cccc([C@@H](C)Nc2nc(C)nc3cnc(P4(=O)CC=CC4)cc23)c1F. The van der Waals surface area contributed by atoms with Gasteiger partial charge in [0.15, 0.2) is 8.32 Å². The smallest absolute Gasteiger partial charge is 0.302 e. The highest BCUT2D eigenvalue weighted by molar-refractivity contribution is 7.72. The van der Waals surface area contributed by atoms with Crippen LogP contribution >= 0.6 is 7.14 Å². The third kappa shape index (κ3) is 5.88. The van der Waals surface area contributed by atoms with Crippen molar-refractivity contribution in [2.45, 2.75) is 84.2 Å². The number of allylic oxidation sites excluding steroid dienone is 2. The number of aryl methyl sites for hydroxylation is 1. The Morgan fingerprint density at radius 2 is 1.73 bits per heavy atom. The van der Waals surface area contributed by atoms with Gasteiger partial charge in [0, 0.05) is 23.3 Å². The highest BCUT2D eigenvalue weighted by Gasteiger charge is 2.54. The lowest BCUT2D eigenvalue weighted by Crippen LogP contribution is -2.52. The summed E-state index contributed by atoms with van der Waals surface area (Å²) in [4.78, 5) is 13.4. The maximum absolute atomic E-state index is 16.1. The van der Waals surface area contributed by atoms with Crippen LogP contribution in [0.2, 0.25) is 18.1 Å². The number of benzene rings is 1. The minimum atomic E-state index is -3.58. The van der Waals surface area contributed by atoms with Gasteiger partial charge in [-0.3, -0.25) is 4.98 Å². The number of pyridine rings is 1. The zero-order valence-corrected chi connectivity index (χ0v) is 26.8. The van der Waals surface area contributed by atoms with Crippen LogP contribution in [0, 0.1) is 12.7 Å². The van der Waals surface area contributed by atoms with E-state index in [0.717, 1.165) is 6.07 Å². The maximum Gasteiger partial charge on any atom is 0.302 e. The fourth-order valence-electron chi connectivity index (χ4n) is 5.53. The zero-order chi connectivity index (χ0) is 30.2. The van der Waals surface area contributed by atoms with Gasteiger partial charge in [-0.2, -0.15) is 8.78 Å². The molecule has 2 aromatic heterocycles. The molecule has 3 heterocycles. The van der Waals surface area contributed by atoms with Crippen LogP contribution in [0.1, 0.15) is 64.5 Å². The predicted molar refractivity (Wildman–Crippen MR) is 163 cm³/mol. The van der Waals surface area contributed by atoms with Crippen molar-refractivity contribution in [2.75, 3.05) is 17.6 Å². The van der Waals surface area contributed by atoms with Gasteiger partial charge in [0.1, 0.15) is 35.6 Å². The lowest BCUT2D eigenvalue weighted by molar-refractivity contribution is -0.161. The van der Waals surface area contributed by atoms with Crippen LogP contribution in [0.4, 0.5) is 19.0 Å². The molecule has 0 saturated carbocycles. The van der Waals surface area contributed by atoms with E-state index in [9.17, 15) is 4.57 Å². The molecule has 0 unspecified atom stereocenters. The Balaban J connectivity index is 1.70. The fourth-order valence-corrected chi connectivity index (χ4v) is 10.8. The molecule has 1 aliphatic heterocycles. The maximum atomic E-state index is 16.1. The number of fused-ring (bicyclic) bond motifs is 1. The van der Waals surface area contributed by atoms with Crippen molar-refractivity contribution in [1.29, 1.82) is 0 Å². The molecule has 4 rings (SSSR count). The van der Waals surface area contributed by atoms with Crippen molar-refractivity contribution in [3.05, 3.63) is 65.4 Å². The van der Waals surface area contributed by atoms with Crippen molar-refractivity contribution in [2.24, 2.45) is 0 Å². The molecule has 0 radical (unpaired) electrons. The molecular weight excluding hydrogens is 564 g/mol. The van der Waals surface area contributed by atoms with Crippen LogP contribution in [0.15, 0.2) is 42.6 Å². The third-order valence-corrected chi connectivity index (χ3v) is 15.9. The van der Waals surface area contributed by atoms with Crippen LogP contribution in [-0.4, -0.2) is 41.2 Å². The summed E-state index contributed by atoms with van der Waals surface area (Å²) in [6, 6.07) is 7.21. The second kappa shape index (κ2) is 11.6. The fraction of sp³-hybridized carbons (Fsp3) is 0.500. The highest BCUT2D eigenvalue weighted by atomic mass is 31.2. The molecule has 1 aromatic carbocycles. The Labute approximate surface area is 241 Å². The van der Waals surface area contributed by atoms with Gasteiger partial charge in [0.2, 0.25) is 0 Å². The van der Waals surface area contributed by atoms with E-state index in [-0.39, 0.29) is 5.56 Å². The summed E-state index contributed by atoms with van der Waals surface area (Å²) in [7, 11) is -5.09. The number of aromatic nitrogens is 3. The normalized spacial score (nSPS) is 16.3. The first-order valence-electron chi connectivity index (χ1n) is 14.2. The molecule has 1 aliphatic rings. The van der Waals surface area contributed by atoms with Gasteiger partial charge in [0.25, 0.3) is 0 Å². The average Bonchev–Trinajstić information content (AvgIpc) is 3.38. The van der Waals surface area contributed by atoms with Crippen molar-refractivity contribution in [1.82, 2.24) is 15.0 Å². The van der Waals surface area contributed by atoms with Crippen molar-refractivity contribution in [3.8, 4) is 0 Å². The monoisotopic (exact) mass is 604 g/mol. The van der Waals surface area contributed by atoms with E-state index >= 15 is 13.2 Å². The second-order valence-electron chi connectivity index (χ2n) is 11.4. The number of hydrogen-bond donors (Lipinski definition) is 1. The van der Waals surface area contributed by atoms with Gasteiger partial charge in [-0.15, -0.1) is 0 Å². The molecule has 0 bridgehead atoms. The zero-order valence-electron chi connectivity index (χ0n) is 24.9. The Bertz CT molecular complexity index is 1490. The number of rotatable bonds is 11. The van der Waals surface area contributed by atoms with Crippen LogP contribution in [-0.2, 0) is 14.9 Å². The molecule has 0 spiro atoms. The Morgan fingerprint density at radius 3 is 2.34 bits per heavy atom. The minimum Gasteiger partial charge on any atom is -0.405 e. The van der Waals surface area contributed by atoms with E-state index in [1.807, 2.05) is 32.9 Å². The molecule has 0 aliphatic carbocycles.